The molecule has 0 saturated carbocycles. The Morgan fingerprint density at radius 1 is 0.655 bits per heavy atom. The molecule has 0 bridgehead atoms. The van der Waals surface area contributed by atoms with E-state index < -0.39 is 20.2 Å². The SMILES string of the molecule is CCCCCCCCCCCCCCCCO[Si](C)(C)Oc1cc(F)cc(F)c1. The van der Waals surface area contributed by atoms with Crippen LogP contribution in [0.5, 0.6) is 5.75 Å². The Morgan fingerprint density at radius 3 is 1.52 bits per heavy atom. The van der Waals surface area contributed by atoms with Crippen molar-refractivity contribution in [3.05, 3.63) is 29.8 Å². The summed E-state index contributed by atoms with van der Waals surface area (Å²) in [5, 5.41) is 0. The quantitative estimate of drug-likeness (QED) is 0.172. The molecule has 0 aromatic heterocycles. The lowest BCUT2D eigenvalue weighted by Crippen LogP contribution is -2.38. The van der Waals surface area contributed by atoms with Gasteiger partial charge in [0.1, 0.15) is 17.4 Å². The van der Waals surface area contributed by atoms with Crippen LogP contribution in [-0.2, 0) is 4.43 Å². The zero-order valence-corrected chi connectivity index (χ0v) is 19.9. The van der Waals surface area contributed by atoms with Gasteiger partial charge in [-0.1, -0.05) is 90.4 Å². The average molecular weight is 429 g/mol. The van der Waals surface area contributed by atoms with Crippen molar-refractivity contribution in [3.63, 3.8) is 0 Å². The lowest BCUT2D eigenvalue weighted by Gasteiger charge is -2.24. The molecule has 0 heterocycles. The predicted octanol–water partition coefficient (Wildman–Crippen LogP) is 8.54. The Morgan fingerprint density at radius 2 is 1.07 bits per heavy atom. The van der Waals surface area contributed by atoms with E-state index in [0.29, 0.717) is 6.61 Å². The van der Waals surface area contributed by atoms with E-state index in [4.69, 9.17) is 8.85 Å². The van der Waals surface area contributed by atoms with Gasteiger partial charge in [-0.05, 0) is 19.5 Å². The van der Waals surface area contributed by atoms with E-state index >= 15 is 0 Å². The molecule has 0 unspecified atom stereocenters. The smallest absolute Gasteiger partial charge is 0.392 e. The maximum Gasteiger partial charge on any atom is 0.392 e. The lowest BCUT2D eigenvalue weighted by molar-refractivity contribution is 0.240. The largest absolute Gasteiger partial charge is 0.520 e. The molecular weight excluding hydrogens is 386 g/mol. The number of rotatable bonds is 18. The van der Waals surface area contributed by atoms with Gasteiger partial charge in [-0.2, -0.15) is 0 Å². The summed E-state index contributed by atoms with van der Waals surface area (Å²) in [6.45, 7) is 6.72. The first kappa shape index (κ1) is 26.1. The molecule has 0 N–H and O–H groups in total. The second-order valence-electron chi connectivity index (χ2n) is 8.55. The monoisotopic (exact) mass is 428 g/mol. The molecule has 0 spiro atoms. The fraction of sp³-hybridized carbons (Fsp3) is 0.750. The van der Waals surface area contributed by atoms with Crippen LogP contribution in [0.2, 0.25) is 13.1 Å². The van der Waals surface area contributed by atoms with E-state index in [-0.39, 0.29) is 5.75 Å². The third-order valence-electron chi connectivity index (χ3n) is 5.15. The van der Waals surface area contributed by atoms with E-state index in [1.165, 1.54) is 89.2 Å². The molecule has 0 aliphatic rings. The highest BCUT2D eigenvalue weighted by molar-refractivity contribution is 6.65. The summed E-state index contributed by atoms with van der Waals surface area (Å²) in [5.41, 5.74) is 0. The number of unbranched alkanes of at least 4 members (excludes halogenated alkanes) is 13. The standard InChI is InChI=1S/C24H42F2O2Si/c1-4-5-6-7-8-9-10-11-12-13-14-15-16-17-18-27-29(2,3)28-24-20-22(25)19-23(26)21-24/h19-21H,4-18H2,1-3H3. The summed E-state index contributed by atoms with van der Waals surface area (Å²) in [7, 11) is -2.43. The van der Waals surface area contributed by atoms with Crippen molar-refractivity contribution in [1.82, 2.24) is 0 Å². The van der Waals surface area contributed by atoms with E-state index in [1.54, 1.807) is 0 Å². The van der Waals surface area contributed by atoms with Crippen LogP contribution in [-0.4, -0.2) is 15.2 Å². The van der Waals surface area contributed by atoms with Gasteiger partial charge in [0.2, 0.25) is 0 Å². The first-order valence-electron chi connectivity index (χ1n) is 11.7. The fourth-order valence-corrected chi connectivity index (χ4v) is 4.90. The Balaban J connectivity index is 1.94. The van der Waals surface area contributed by atoms with Crippen LogP contribution in [0.25, 0.3) is 0 Å². The third kappa shape index (κ3) is 14.6. The predicted molar refractivity (Wildman–Crippen MR) is 121 cm³/mol. The summed E-state index contributed by atoms with van der Waals surface area (Å²) in [4.78, 5) is 0. The maximum atomic E-state index is 13.3. The highest BCUT2D eigenvalue weighted by atomic mass is 28.4. The van der Waals surface area contributed by atoms with E-state index in [9.17, 15) is 8.78 Å². The van der Waals surface area contributed by atoms with Gasteiger partial charge in [-0.25, -0.2) is 8.78 Å². The van der Waals surface area contributed by atoms with Crippen LogP contribution in [0, 0.1) is 11.6 Å². The Labute approximate surface area is 178 Å². The van der Waals surface area contributed by atoms with Crippen molar-refractivity contribution in [3.8, 4) is 5.75 Å². The molecule has 1 aromatic rings. The fourth-order valence-electron chi connectivity index (χ4n) is 3.52. The van der Waals surface area contributed by atoms with Crippen molar-refractivity contribution in [2.45, 2.75) is 110 Å². The molecule has 2 nitrogen and oxygen atoms in total. The third-order valence-corrected chi connectivity index (χ3v) is 6.77. The van der Waals surface area contributed by atoms with Gasteiger partial charge in [0.05, 0.1) is 0 Å². The van der Waals surface area contributed by atoms with Gasteiger partial charge in [0.25, 0.3) is 0 Å². The summed E-state index contributed by atoms with van der Waals surface area (Å²) >= 11 is 0. The minimum absolute atomic E-state index is 0.208. The van der Waals surface area contributed by atoms with Crippen molar-refractivity contribution in [2.24, 2.45) is 0 Å². The first-order valence-corrected chi connectivity index (χ1v) is 14.5. The van der Waals surface area contributed by atoms with E-state index in [2.05, 4.69) is 6.92 Å². The topological polar surface area (TPSA) is 18.5 Å². The normalized spacial score (nSPS) is 11.8. The van der Waals surface area contributed by atoms with Gasteiger partial charge in [-0.15, -0.1) is 0 Å². The molecule has 29 heavy (non-hydrogen) atoms. The first-order chi connectivity index (χ1) is 13.9. The minimum Gasteiger partial charge on any atom is -0.520 e. The molecule has 0 radical (unpaired) electrons. The van der Waals surface area contributed by atoms with Crippen molar-refractivity contribution in [2.75, 3.05) is 6.61 Å². The zero-order chi connectivity index (χ0) is 21.4. The summed E-state index contributed by atoms with van der Waals surface area (Å²) in [5.74, 6) is -1.05. The lowest BCUT2D eigenvalue weighted by atomic mass is 10.0. The molecule has 1 rings (SSSR count). The van der Waals surface area contributed by atoms with Crippen LogP contribution < -0.4 is 4.43 Å². The Bertz CT molecular complexity index is 517. The number of halogens is 2. The minimum atomic E-state index is -2.43. The zero-order valence-electron chi connectivity index (χ0n) is 18.9. The molecule has 0 aliphatic carbocycles. The molecule has 5 heteroatoms. The number of hydrogen-bond acceptors (Lipinski definition) is 2. The van der Waals surface area contributed by atoms with Gasteiger partial charge < -0.3 is 8.85 Å². The van der Waals surface area contributed by atoms with Crippen LogP contribution in [0.1, 0.15) is 96.8 Å². The van der Waals surface area contributed by atoms with Gasteiger partial charge >= 0.3 is 8.56 Å². The molecular formula is C24H42F2O2Si. The molecule has 0 saturated heterocycles. The second-order valence-corrected chi connectivity index (χ2v) is 11.8. The molecule has 168 valence electrons. The van der Waals surface area contributed by atoms with Gasteiger partial charge in [-0.3, -0.25) is 0 Å². The highest BCUT2D eigenvalue weighted by Crippen LogP contribution is 2.20. The molecule has 0 amide bonds. The van der Waals surface area contributed by atoms with Gasteiger partial charge in [0, 0.05) is 24.8 Å². The van der Waals surface area contributed by atoms with Crippen LogP contribution in [0.3, 0.4) is 0 Å². The highest BCUT2D eigenvalue weighted by Gasteiger charge is 2.27. The second kappa shape index (κ2) is 15.8. The number of benzene rings is 1. The maximum absolute atomic E-state index is 13.3. The van der Waals surface area contributed by atoms with Crippen LogP contribution >= 0.6 is 0 Å². The summed E-state index contributed by atoms with van der Waals surface area (Å²) < 4.78 is 38.1. The van der Waals surface area contributed by atoms with Crippen LogP contribution in [0.4, 0.5) is 8.78 Å². The Kier molecular flexibility index (Phi) is 14.3. The molecule has 0 atom stereocenters. The van der Waals surface area contributed by atoms with Crippen LogP contribution in [0.15, 0.2) is 18.2 Å². The average Bonchev–Trinajstić information content (AvgIpc) is 2.63. The molecule has 0 aliphatic heterocycles. The van der Waals surface area contributed by atoms with E-state index in [0.717, 1.165) is 18.9 Å². The van der Waals surface area contributed by atoms with Crippen molar-refractivity contribution < 1.29 is 17.6 Å². The summed E-state index contributed by atoms with van der Waals surface area (Å²) in [6, 6.07) is 3.25. The molecule has 0 fully saturated rings. The number of hydrogen-bond donors (Lipinski definition) is 0. The van der Waals surface area contributed by atoms with E-state index in [1.807, 2.05) is 13.1 Å². The van der Waals surface area contributed by atoms with Crippen molar-refractivity contribution in [1.29, 1.82) is 0 Å². The van der Waals surface area contributed by atoms with Crippen molar-refractivity contribution >= 4 is 8.56 Å². The van der Waals surface area contributed by atoms with Gasteiger partial charge in [0.15, 0.2) is 0 Å². The Hall–Kier alpha value is -0.943. The summed E-state index contributed by atoms with van der Waals surface area (Å²) in [6.07, 6.45) is 18.6. The molecule has 1 aromatic carbocycles.